The molecule has 1 aliphatic rings. The van der Waals surface area contributed by atoms with Gasteiger partial charge in [0.1, 0.15) is 5.82 Å². The summed E-state index contributed by atoms with van der Waals surface area (Å²) in [5.74, 6) is -0.792. The van der Waals surface area contributed by atoms with Crippen molar-refractivity contribution in [3.63, 3.8) is 0 Å². The van der Waals surface area contributed by atoms with Crippen LogP contribution in [0.25, 0.3) is 10.9 Å². The molecule has 4 rings (SSSR count). The number of piperazine rings is 1. The predicted molar refractivity (Wildman–Crippen MR) is 112 cm³/mol. The molecule has 0 unspecified atom stereocenters. The summed E-state index contributed by atoms with van der Waals surface area (Å²) in [4.78, 5) is 1.38. The first kappa shape index (κ1) is 23.1. The molecule has 0 bridgehead atoms. The highest BCUT2D eigenvalue weighted by molar-refractivity contribution is 7.90. The second-order valence-corrected chi connectivity index (χ2v) is 8.52. The SMILES string of the molecule is CC.O=S(=O)(c1cccc(F)c1)n1cc(C(F)(F)F)c2c(N3CCNCC3)cccc21. The van der Waals surface area contributed by atoms with Crippen LogP contribution in [0, 0.1) is 5.82 Å². The molecule has 1 N–H and O–H groups in total. The highest BCUT2D eigenvalue weighted by atomic mass is 32.2. The quantitative estimate of drug-likeness (QED) is 0.590. The van der Waals surface area contributed by atoms with Crippen molar-refractivity contribution in [1.29, 1.82) is 0 Å². The molecule has 0 aliphatic carbocycles. The molecule has 5 nitrogen and oxygen atoms in total. The van der Waals surface area contributed by atoms with Crippen LogP contribution in [-0.2, 0) is 16.2 Å². The molecule has 0 amide bonds. The van der Waals surface area contributed by atoms with E-state index >= 15 is 0 Å². The molecule has 1 aromatic heterocycles. The van der Waals surface area contributed by atoms with Gasteiger partial charge in [-0.1, -0.05) is 26.0 Å². The minimum atomic E-state index is -4.76. The Hall–Kier alpha value is -2.59. The number of aromatic nitrogens is 1. The Morgan fingerprint density at radius 2 is 1.65 bits per heavy atom. The van der Waals surface area contributed by atoms with Gasteiger partial charge in [-0.05, 0) is 30.3 Å². The van der Waals surface area contributed by atoms with Gasteiger partial charge < -0.3 is 10.2 Å². The van der Waals surface area contributed by atoms with E-state index in [1.54, 1.807) is 11.0 Å². The number of hydrogen-bond donors (Lipinski definition) is 1. The van der Waals surface area contributed by atoms with Crippen LogP contribution in [0.1, 0.15) is 19.4 Å². The van der Waals surface area contributed by atoms with E-state index in [2.05, 4.69) is 5.32 Å². The molecular weight excluding hydrogens is 434 g/mol. The number of nitrogens with one attached hydrogen (secondary N) is 1. The van der Waals surface area contributed by atoms with Gasteiger partial charge in [-0.2, -0.15) is 13.2 Å². The van der Waals surface area contributed by atoms with Crippen LogP contribution in [-0.4, -0.2) is 38.6 Å². The molecule has 1 saturated heterocycles. The van der Waals surface area contributed by atoms with E-state index < -0.39 is 32.5 Å². The zero-order valence-corrected chi connectivity index (χ0v) is 17.9. The minimum absolute atomic E-state index is 0.0994. The van der Waals surface area contributed by atoms with E-state index in [4.69, 9.17) is 0 Å². The maximum atomic E-state index is 13.8. The van der Waals surface area contributed by atoms with Crippen molar-refractivity contribution in [1.82, 2.24) is 9.29 Å². The fourth-order valence-electron chi connectivity index (χ4n) is 3.56. The lowest BCUT2D eigenvalue weighted by atomic mass is 10.1. The van der Waals surface area contributed by atoms with Crippen molar-refractivity contribution in [3.05, 3.63) is 60.0 Å². The van der Waals surface area contributed by atoms with Crippen LogP contribution in [0.4, 0.5) is 23.2 Å². The Labute approximate surface area is 178 Å². The van der Waals surface area contributed by atoms with E-state index in [1.165, 1.54) is 18.2 Å². The minimum Gasteiger partial charge on any atom is -0.368 e. The Morgan fingerprint density at radius 1 is 1.00 bits per heavy atom. The first-order chi connectivity index (χ1) is 14.7. The van der Waals surface area contributed by atoms with Gasteiger partial charge in [0.2, 0.25) is 0 Å². The highest BCUT2D eigenvalue weighted by Crippen LogP contribution is 2.41. The summed E-state index contributed by atoms with van der Waals surface area (Å²) in [5.41, 5.74) is -0.816. The van der Waals surface area contributed by atoms with Crippen molar-refractivity contribution in [2.45, 2.75) is 24.9 Å². The number of fused-ring (bicyclic) bond motifs is 1. The van der Waals surface area contributed by atoms with Crippen LogP contribution in [0.15, 0.2) is 53.6 Å². The molecule has 2 aromatic carbocycles. The molecule has 1 aliphatic heterocycles. The van der Waals surface area contributed by atoms with Gasteiger partial charge in [0, 0.05) is 43.4 Å². The Kier molecular flexibility index (Phi) is 6.61. The average molecular weight is 457 g/mol. The van der Waals surface area contributed by atoms with Crippen LogP contribution in [0.3, 0.4) is 0 Å². The van der Waals surface area contributed by atoms with Crippen LogP contribution in [0.2, 0.25) is 0 Å². The number of alkyl halides is 3. The van der Waals surface area contributed by atoms with Crippen molar-refractivity contribution < 1.29 is 26.0 Å². The molecule has 168 valence electrons. The third-order valence-electron chi connectivity index (χ3n) is 4.89. The molecule has 0 atom stereocenters. The summed E-state index contributed by atoms with van der Waals surface area (Å²) >= 11 is 0. The Bertz CT molecular complexity index is 1170. The number of halogens is 4. The second-order valence-electron chi connectivity index (χ2n) is 6.71. The van der Waals surface area contributed by atoms with E-state index in [9.17, 15) is 26.0 Å². The topological polar surface area (TPSA) is 54.3 Å². The Balaban J connectivity index is 0.00000132. The van der Waals surface area contributed by atoms with Gasteiger partial charge in [-0.3, -0.25) is 0 Å². The summed E-state index contributed by atoms with van der Waals surface area (Å²) in [5, 5.41) is 2.95. The predicted octanol–water partition coefficient (Wildman–Crippen LogP) is 4.47. The molecular formula is C21H23F4N3O2S. The molecule has 10 heteroatoms. The number of hydrogen-bond acceptors (Lipinski definition) is 4. The molecule has 0 radical (unpaired) electrons. The number of anilines is 1. The normalized spacial score (nSPS) is 15.0. The fraction of sp³-hybridized carbons (Fsp3) is 0.333. The number of rotatable bonds is 3. The van der Waals surface area contributed by atoms with Crippen LogP contribution >= 0.6 is 0 Å². The average Bonchev–Trinajstić information content (AvgIpc) is 3.17. The third-order valence-corrected chi connectivity index (χ3v) is 6.56. The van der Waals surface area contributed by atoms with E-state index in [1.807, 2.05) is 13.8 Å². The molecule has 1 fully saturated rings. The van der Waals surface area contributed by atoms with Gasteiger partial charge in [0.25, 0.3) is 10.0 Å². The lowest BCUT2D eigenvalue weighted by Gasteiger charge is -2.30. The fourth-order valence-corrected chi connectivity index (χ4v) is 4.96. The summed E-state index contributed by atoms with van der Waals surface area (Å²) in [6, 6.07) is 8.61. The third kappa shape index (κ3) is 4.40. The van der Waals surface area contributed by atoms with Gasteiger partial charge in [-0.25, -0.2) is 16.8 Å². The number of nitrogens with zero attached hydrogens (tertiary/aromatic N) is 2. The monoisotopic (exact) mass is 457 g/mol. The largest absolute Gasteiger partial charge is 0.418 e. The van der Waals surface area contributed by atoms with Crippen molar-refractivity contribution in [3.8, 4) is 0 Å². The Morgan fingerprint density at radius 3 is 2.26 bits per heavy atom. The van der Waals surface area contributed by atoms with E-state index in [0.29, 0.717) is 42.0 Å². The number of benzene rings is 2. The molecule has 2 heterocycles. The first-order valence-corrected chi connectivity index (χ1v) is 11.3. The molecule has 3 aromatic rings. The highest BCUT2D eigenvalue weighted by Gasteiger charge is 2.38. The summed E-state index contributed by atoms with van der Waals surface area (Å²) in [7, 11) is -4.43. The van der Waals surface area contributed by atoms with Gasteiger partial charge in [0.05, 0.1) is 16.0 Å². The van der Waals surface area contributed by atoms with Crippen molar-refractivity contribution in [2.75, 3.05) is 31.1 Å². The summed E-state index contributed by atoms with van der Waals surface area (Å²) in [6.45, 7) is 6.22. The maximum Gasteiger partial charge on any atom is 0.418 e. The molecule has 0 spiro atoms. The van der Waals surface area contributed by atoms with E-state index in [0.717, 1.165) is 18.2 Å². The van der Waals surface area contributed by atoms with Crippen LogP contribution in [0.5, 0.6) is 0 Å². The van der Waals surface area contributed by atoms with Crippen molar-refractivity contribution >= 4 is 26.6 Å². The van der Waals surface area contributed by atoms with Gasteiger partial charge in [-0.15, -0.1) is 0 Å². The smallest absolute Gasteiger partial charge is 0.368 e. The lowest BCUT2D eigenvalue weighted by Crippen LogP contribution is -2.43. The molecule has 0 saturated carbocycles. The zero-order chi connectivity index (χ0) is 22.8. The lowest BCUT2D eigenvalue weighted by molar-refractivity contribution is -0.136. The summed E-state index contributed by atoms with van der Waals surface area (Å²) in [6.07, 6.45) is -4.18. The maximum absolute atomic E-state index is 13.8. The van der Waals surface area contributed by atoms with Gasteiger partial charge >= 0.3 is 6.18 Å². The zero-order valence-electron chi connectivity index (χ0n) is 17.1. The second kappa shape index (κ2) is 8.88. The van der Waals surface area contributed by atoms with Gasteiger partial charge in [0.15, 0.2) is 0 Å². The molecule has 31 heavy (non-hydrogen) atoms. The summed E-state index contributed by atoms with van der Waals surface area (Å²) < 4.78 is 81.7. The standard InChI is InChI=1S/C19H17F4N3O2S.C2H6/c20-13-3-1-4-14(11-13)29(27,28)26-12-15(19(21,22)23)18-16(5-2-6-17(18)26)25-9-7-24-8-10-25;1-2/h1-6,11-12,24H,7-10H2;1-2H3. The van der Waals surface area contributed by atoms with Crippen LogP contribution < -0.4 is 10.2 Å². The van der Waals surface area contributed by atoms with E-state index in [-0.39, 0.29) is 10.9 Å². The first-order valence-electron chi connectivity index (χ1n) is 9.87. The van der Waals surface area contributed by atoms with Crippen molar-refractivity contribution in [2.24, 2.45) is 0 Å².